The number of non-ortho nitro benzene ring substituents is 1. The van der Waals surface area contributed by atoms with E-state index in [2.05, 4.69) is 17.5 Å². The molecule has 0 aromatic heterocycles. The van der Waals surface area contributed by atoms with Gasteiger partial charge in [-0.3, -0.25) is 14.9 Å². The minimum Gasteiger partial charge on any atom is -0.378 e. The number of allylic oxidation sites excluding steroid dienone is 2. The first kappa shape index (κ1) is 16.6. The number of carbonyl (C=O) groups excluding carboxylic acids is 1. The summed E-state index contributed by atoms with van der Waals surface area (Å²) < 4.78 is 0. The molecule has 2 aliphatic rings. The zero-order valence-corrected chi connectivity index (χ0v) is 14.4. The van der Waals surface area contributed by atoms with Crippen molar-refractivity contribution < 1.29 is 9.72 Å². The van der Waals surface area contributed by atoms with Crippen LogP contribution in [0.1, 0.15) is 39.9 Å². The average molecular weight is 370 g/mol. The number of primary amides is 1. The Labute approximate surface area is 154 Å². The van der Waals surface area contributed by atoms with Crippen LogP contribution in [0.25, 0.3) is 0 Å². The molecule has 3 atom stereocenters. The molecule has 0 bridgehead atoms. The lowest BCUT2D eigenvalue weighted by Gasteiger charge is -2.38. The zero-order valence-electron chi connectivity index (χ0n) is 13.7. The number of fused-ring (bicyclic) bond motifs is 3. The highest BCUT2D eigenvalue weighted by Crippen LogP contribution is 2.51. The Morgan fingerprint density at radius 2 is 2.04 bits per heavy atom. The molecule has 0 fully saturated rings. The van der Waals surface area contributed by atoms with Gasteiger partial charge in [0.25, 0.3) is 5.69 Å². The minimum absolute atomic E-state index is 0.0172. The molecule has 26 heavy (non-hydrogen) atoms. The number of nitrogens with one attached hydrogen (secondary N) is 1. The van der Waals surface area contributed by atoms with Gasteiger partial charge in [-0.25, -0.2) is 0 Å². The molecule has 0 saturated heterocycles. The fraction of sp³-hybridized carbons (Fsp3) is 0.211. The van der Waals surface area contributed by atoms with Gasteiger partial charge in [-0.05, 0) is 42.2 Å². The standard InChI is InChI=1S/C19H16ClN3O3/c20-16-6-5-11(23(25)26)9-15(16)18-13-3-1-2-12(13)14-8-10(19(21)24)4-7-17(14)22-18/h1-2,4-9,12-13,18,22H,3H2,(H2,21,24). The number of amides is 1. The lowest BCUT2D eigenvalue weighted by atomic mass is 9.76. The molecule has 4 rings (SSSR count). The van der Waals surface area contributed by atoms with Crippen LogP contribution in [-0.2, 0) is 0 Å². The number of nitrogens with two attached hydrogens (primary N) is 1. The summed E-state index contributed by atoms with van der Waals surface area (Å²) in [5, 5.41) is 15.1. The van der Waals surface area contributed by atoms with Crippen molar-refractivity contribution in [3.05, 3.63) is 80.4 Å². The molecule has 1 amide bonds. The second kappa shape index (κ2) is 6.14. The predicted molar refractivity (Wildman–Crippen MR) is 99.4 cm³/mol. The van der Waals surface area contributed by atoms with Crippen molar-refractivity contribution in [3.63, 3.8) is 0 Å². The highest BCUT2D eigenvalue weighted by molar-refractivity contribution is 6.31. The molecule has 132 valence electrons. The normalized spacial score (nSPS) is 23.0. The molecule has 1 heterocycles. The van der Waals surface area contributed by atoms with Crippen LogP contribution in [0.5, 0.6) is 0 Å². The van der Waals surface area contributed by atoms with E-state index >= 15 is 0 Å². The molecule has 2 aromatic carbocycles. The topological polar surface area (TPSA) is 98.3 Å². The van der Waals surface area contributed by atoms with Gasteiger partial charge in [-0.15, -0.1) is 0 Å². The van der Waals surface area contributed by atoms with E-state index in [1.807, 2.05) is 12.1 Å². The van der Waals surface area contributed by atoms with Gasteiger partial charge in [0, 0.05) is 39.9 Å². The molecule has 7 heteroatoms. The maximum Gasteiger partial charge on any atom is 0.269 e. The first-order valence-corrected chi connectivity index (χ1v) is 8.64. The molecule has 0 radical (unpaired) electrons. The van der Waals surface area contributed by atoms with E-state index < -0.39 is 10.8 Å². The summed E-state index contributed by atoms with van der Waals surface area (Å²) in [7, 11) is 0. The van der Waals surface area contributed by atoms with Gasteiger partial charge in [0.15, 0.2) is 0 Å². The number of benzene rings is 2. The van der Waals surface area contributed by atoms with E-state index in [1.165, 1.54) is 12.1 Å². The molecule has 0 saturated carbocycles. The quantitative estimate of drug-likeness (QED) is 0.481. The second-order valence-electron chi connectivity index (χ2n) is 6.60. The van der Waals surface area contributed by atoms with Crippen LogP contribution < -0.4 is 11.1 Å². The molecule has 2 aromatic rings. The van der Waals surface area contributed by atoms with Crippen LogP contribution in [0.2, 0.25) is 5.02 Å². The van der Waals surface area contributed by atoms with E-state index in [9.17, 15) is 14.9 Å². The van der Waals surface area contributed by atoms with Gasteiger partial charge >= 0.3 is 0 Å². The summed E-state index contributed by atoms with van der Waals surface area (Å²) in [6, 6.07) is 9.69. The van der Waals surface area contributed by atoms with Gasteiger partial charge in [-0.2, -0.15) is 0 Å². The fourth-order valence-electron chi connectivity index (χ4n) is 3.94. The largest absolute Gasteiger partial charge is 0.378 e. The van der Waals surface area contributed by atoms with Crippen LogP contribution in [0.4, 0.5) is 11.4 Å². The first-order chi connectivity index (χ1) is 12.5. The molecule has 0 spiro atoms. The molecule has 3 unspecified atom stereocenters. The van der Waals surface area contributed by atoms with Crippen LogP contribution in [0.3, 0.4) is 0 Å². The number of hydrogen-bond donors (Lipinski definition) is 2. The number of nitro groups is 1. The summed E-state index contributed by atoms with van der Waals surface area (Å²) in [5.74, 6) is -0.203. The molecule has 3 N–H and O–H groups in total. The van der Waals surface area contributed by atoms with Gasteiger partial charge in [0.2, 0.25) is 5.91 Å². The summed E-state index contributed by atoms with van der Waals surface area (Å²) in [4.78, 5) is 22.3. The first-order valence-electron chi connectivity index (χ1n) is 8.26. The third-order valence-electron chi connectivity index (χ3n) is 5.17. The lowest BCUT2D eigenvalue weighted by Crippen LogP contribution is -2.29. The molecular formula is C19H16ClN3O3. The van der Waals surface area contributed by atoms with Crippen molar-refractivity contribution >= 4 is 28.9 Å². The van der Waals surface area contributed by atoms with E-state index in [4.69, 9.17) is 17.3 Å². The highest BCUT2D eigenvalue weighted by atomic mass is 35.5. The Bertz CT molecular complexity index is 957. The average Bonchev–Trinajstić information content (AvgIpc) is 3.11. The van der Waals surface area contributed by atoms with Crippen molar-refractivity contribution in [2.45, 2.75) is 18.4 Å². The Kier molecular flexibility index (Phi) is 3.92. The van der Waals surface area contributed by atoms with Crippen LogP contribution in [0.15, 0.2) is 48.6 Å². The van der Waals surface area contributed by atoms with Gasteiger partial charge in [0.05, 0.1) is 11.0 Å². The van der Waals surface area contributed by atoms with Crippen LogP contribution in [-0.4, -0.2) is 10.8 Å². The number of nitro benzene ring substituents is 1. The summed E-state index contributed by atoms with van der Waals surface area (Å²) in [5.41, 5.74) is 8.50. The predicted octanol–water partition coefficient (Wildman–Crippen LogP) is 4.17. The second-order valence-corrected chi connectivity index (χ2v) is 7.01. The van der Waals surface area contributed by atoms with Gasteiger partial charge in [0.1, 0.15) is 0 Å². The van der Waals surface area contributed by atoms with Gasteiger partial charge < -0.3 is 11.1 Å². The number of halogens is 1. The maximum atomic E-state index is 11.5. The Hall–Kier alpha value is -2.86. The molecular weight excluding hydrogens is 354 g/mol. The summed E-state index contributed by atoms with van der Waals surface area (Å²) >= 11 is 6.37. The Morgan fingerprint density at radius 3 is 2.77 bits per heavy atom. The van der Waals surface area contributed by atoms with Crippen molar-refractivity contribution in [1.82, 2.24) is 0 Å². The Morgan fingerprint density at radius 1 is 1.23 bits per heavy atom. The number of rotatable bonds is 3. The summed E-state index contributed by atoms with van der Waals surface area (Å²) in [6.45, 7) is 0. The molecule has 1 aliphatic carbocycles. The summed E-state index contributed by atoms with van der Waals surface area (Å²) in [6.07, 6.45) is 5.04. The number of anilines is 1. The van der Waals surface area contributed by atoms with Crippen molar-refractivity contribution in [2.24, 2.45) is 11.7 Å². The molecule has 1 aliphatic heterocycles. The Balaban J connectivity index is 1.80. The van der Waals surface area contributed by atoms with Crippen LogP contribution >= 0.6 is 11.6 Å². The number of hydrogen-bond acceptors (Lipinski definition) is 4. The third kappa shape index (κ3) is 2.63. The monoisotopic (exact) mass is 369 g/mol. The van der Waals surface area contributed by atoms with Crippen molar-refractivity contribution in [1.29, 1.82) is 0 Å². The zero-order chi connectivity index (χ0) is 18.4. The van der Waals surface area contributed by atoms with E-state index in [0.717, 1.165) is 17.7 Å². The smallest absolute Gasteiger partial charge is 0.269 e. The van der Waals surface area contributed by atoms with Crippen LogP contribution in [0, 0.1) is 16.0 Å². The number of nitrogens with zero attached hydrogens (tertiary/aromatic N) is 1. The van der Waals surface area contributed by atoms with Crippen molar-refractivity contribution in [2.75, 3.05) is 5.32 Å². The van der Waals surface area contributed by atoms with E-state index in [-0.39, 0.29) is 23.6 Å². The minimum atomic E-state index is -0.463. The SMILES string of the molecule is NC(=O)c1ccc2c(c1)C1C=CCC1C(c1cc([N+](=O)[O-])ccc1Cl)N2. The number of carbonyl (C=O) groups is 1. The van der Waals surface area contributed by atoms with Gasteiger partial charge in [-0.1, -0.05) is 23.8 Å². The highest BCUT2D eigenvalue weighted by Gasteiger charge is 2.39. The fourth-order valence-corrected chi connectivity index (χ4v) is 4.17. The van der Waals surface area contributed by atoms with E-state index in [1.54, 1.807) is 12.1 Å². The van der Waals surface area contributed by atoms with Crippen molar-refractivity contribution in [3.8, 4) is 0 Å². The lowest BCUT2D eigenvalue weighted by molar-refractivity contribution is -0.384. The third-order valence-corrected chi connectivity index (χ3v) is 5.52. The molecule has 6 nitrogen and oxygen atoms in total. The maximum absolute atomic E-state index is 11.5. The van der Waals surface area contributed by atoms with E-state index in [0.29, 0.717) is 16.1 Å².